The quantitative estimate of drug-likeness (QED) is 0.874. The number of aromatic nitrogens is 1. The summed E-state index contributed by atoms with van der Waals surface area (Å²) in [5, 5.41) is 3.90. The number of rotatable bonds is 4. The minimum atomic E-state index is 0.544. The summed E-state index contributed by atoms with van der Waals surface area (Å²) in [5.41, 5.74) is 8.90. The van der Waals surface area contributed by atoms with Gasteiger partial charge in [0.1, 0.15) is 0 Å². The molecule has 3 nitrogen and oxygen atoms in total. The molecule has 0 aliphatic heterocycles. The molecule has 1 aromatic carbocycles. The lowest BCUT2D eigenvalue weighted by molar-refractivity contribution is 1.01. The molecule has 0 aliphatic carbocycles. The predicted octanol–water partition coefficient (Wildman–Crippen LogP) is 2.81. The van der Waals surface area contributed by atoms with E-state index in [1.165, 1.54) is 5.56 Å². The van der Waals surface area contributed by atoms with Crippen molar-refractivity contribution in [3.63, 3.8) is 0 Å². The molecule has 0 unspecified atom stereocenters. The maximum atomic E-state index is 6.01. The normalized spacial score (nSPS) is 10.2. The van der Waals surface area contributed by atoms with Crippen LogP contribution in [0.25, 0.3) is 0 Å². The van der Waals surface area contributed by atoms with Crippen LogP contribution in [0.4, 0.5) is 5.69 Å². The second kappa shape index (κ2) is 5.66. The van der Waals surface area contributed by atoms with Crippen LogP contribution in [-0.4, -0.2) is 4.98 Å². The monoisotopic (exact) mass is 247 g/mol. The first-order valence-corrected chi connectivity index (χ1v) is 5.79. The van der Waals surface area contributed by atoms with Crippen LogP contribution in [0, 0.1) is 0 Å². The van der Waals surface area contributed by atoms with Gasteiger partial charge in [-0.25, -0.2) is 0 Å². The fraction of sp³-hybridized carbons (Fsp3) is 0.154. The molecule has 0 aliphatic rings. The Hall–Kier alpha value is -1.58. The summed E-state index contributed by atoms with van der Waals surface area (Å²) in [6.07, 6.45) is 3.34. The summed E-state index contributed by atoms with van der Waals surface area (Å²) in [6, 6.07) is 9.94. The van der Waals surface area contributed by atoms with Gasteiger partial charge in [0.2, 0.25) is 0 Å². The highest BCUT2D eigenvalue weighted by atomic mass is 35.5. The van der Waals surface area contributed by atoms with Crippen LogP contribution in [0.5, 0.6) is 0 Å². The van der Waals surface area contributed by atoms with Gasteiger partial charge in [-0.3, -0.25) is 4.98 Å². The van der Waals surface area contributed by atoms with E-state index in [2.05, 4.69) is 16.4 Å². The molecule has 0 radical (unpaired) electrons. The lowest BCUT2D eigenvalue weighted by atomic mass is 10.1. The number of nitrogens with zero attached hydrogens (tertiary/aromatic N) is 1. The number of hydrogen-bond donors (Lipinski definition) is 2. The molecule has 17 heavy (non-hydrogen) atoms. The highest BCUT2D eigenvalue weighted by Crippen LogP contribution is 2.20. The van der Waals surface area contributed by atoms with Gasteiger partial charge in [0.15, 0.2) is 0 Å². The molecule has 4 heteroatoms. The number of benzene rings is 1. The zero-order chi connectivity index (χ0) is 12.1. The molecule has 3 N–H and O–H groups in total. The van der Waals surface area contributed by atoms with Gasteiger partial charge in [-0.1, -0.05) is 35.9 Å². The topological polar surface area (TPSA) is 50.9 Å². The van der Waals surface area contributed by atoms with Crippen molar-refractivity contribution in [2.75, 3.05) is 5.32 Å². The molecule has 0 saturated carbocycles. The molecule has 88 valence electrons. The molecule has 0 fully saturated rings. The van der Waals surface area contributed by atoms with Crippen LogP contribution >= 0.6 is 11.6 Å². The lowest BCUT2D eigenvalue weighted by Gasteiger charge is -2.10. The molecule has 1 heterocycles. The van der Waals surface area contributed by atoms with E-state index in [1.54, 1.807) is 12.4 Å². The highest BCUT2D eigenvalue weighted by Gasteiger charge is 2.02. The van der Waals surface area contributed by atoms with Gasteiger partial charge >= 0.3 is 0 Å². The molecular weight excluding hydrogens is 234 g/mol. The molecule has 0 amide bonds. The van der Waals surface area contributed by atoms with Gasteiger partial charge in [-0.05, 0) is 17.2 Å². The van der Waals surface area contributed by atoms with E-state index in [4.69, 9.17) is 17.3 Å². The van der Waals surface area contributed by atoms with Gasteiger partial charge in [-0.15, -0.1) is 0 Å². The molecule has 0 saturated heterocycles. The van der Waals surface area contributed by atoms with Gasteiger partial charge in [0.05, 0.1) is 10.7 Å². The van der Waals surface area contributed by atoms with Crippen LogP contribution in [0.15, 0.2) is 42.7 Å². The summed E-state index contributed by atoms with van der Waals surface area (Å²) in [5.74, 6) is 0. The minimum Gasteiger partial charge on any atom is -0.380 e. The van der Waals surface area contributed by atoms with E-state index < -0.39 is 0 Å². The minimum absolute atomic E-state index is 0.544. The Morgan fingerprint density at radius 1 is 1.18 bits per heavy atom. The van der Waals surface area contributed by atoms with E-state index in [0.29, 0.717) is 18.1 Å². The number of hydrogen-bond acceptors (Lipinski definition) is 3. The third-order valence-corrected chi connectivity index (χ3v) is 2.88. The molecule has 1 aromatic heterocycles. The lowest BCUT2D eigenvalue weighted by Crippen LogP contribution is -2.06. The molecule has 2 aromatic rings. The van der Waals surface area contributed by atoms with E-state index in [9.17, 15) is 0 Å². The van der Waals surface area contributed by atoms with E-state index in [1.807, 2.05) is 24.3 Å². The largest absolute Gasteiger partial charge is 0.380 e. The fourth-order valence-corrected chi connectivity index (χ4v) is 1.82. The van der Waals surface area contributed by atoms with Crippen molar-refractivity contribution in [1.29, 1.82) is 0 Å². The molecule has 0 atom stereocenters. The Morgan fingerprint density at radius 3 is 2.65 bits per heavy atom. The summed E-state index contributed by atoms with van der Waals surface area (Å²) in [4.78, 5) is 3.94. The Balaban J connectivity index is 2.10. The summed E-state index contributed by atoms with van der Waals surface area (Å²) in [6.45, 7) is 1.25. The third kappa shape index (κ3) is 2.96. The summed E-state index contributed by atoms with van der Waals surface area (Å²) in [7, 11) is 0. The first-order chi connectivity index (χ1) is 8.31. The van der Waals surface area contributed by atoms with Crippen LogP contribution in [0.3, 0.4) is 0 Å². The number of halogens is 1. The van der Waals surface area contributed by atoms with Crippen LogP contribution < -0.4 is 11.1 Å². The number of anilines is 1. The molecular formula is C13H14ClN3. The summed E-state index contributed by atoms with van der Waals surface area (Å²) < 4.78 is 0. The zero-order valence-corrected chi connectivity index (χ0v) is 10.1. The molecule has 0 spiro atoms. The Bertz CT molecular complexity index is 500. The van der Waals surface area contributed by atoms with Gasteiger partial charge in [0.25, 0.3) is 0 Å². The Morgan fingerprint density at radius 2 is 1.94 bits per heavy atom. The van der Waals surface area contributed by atoms with Crippen LogP contribution in [0.1, 0.15) is 11.1 Å². The fourth-order valence-electron chi connectivity index (χ4n) is 1.64. The maximum absolute atomic E-state index is 6.01. The zero-order valence-electron chi connectivity index (χ0n) is 9.36. The van der Waals surface area contributed by atoms with Crippen molar-refractivity contribution in [3.8, 4) is 0 Å². The Kier molecular flexibility index (Phi) is 3.96. The van der Waals surface area contributed by atoms with Crippen LogP contribution in [0.2, 0.25) is 5.02 Å². The number of pyridine rings is 1. The van der Waals surface area contributed by atoms with E-state index >= 15 is 0 Å². The van der Waals surface area contributed by atoms with Crippen molar-refractivity contribution in [1.82, 2.24) is 4.98 Å². The molecule has 2 rings (SSSR count). The predicted molar refractivity (Wildman–Crippen MR) is 70.9 cm³/mol. The van der Waals surface area contributed by atoms with Gasteiger partial charge < -0.3 is 11.1 Å². The first-order valence-electron chi connectivity index (χ1n) is 5.41. The number of nitrogens with one attached hydrogen (secondary N) is 1. The second-order valence-electron chi connectivity index (χ2n) is 3.68. The van der Waals surface area contributed by atoms with Crippen molar-refractivity contribution in [2.45, 2.75) is 13.1 Å². The smallest absolute Gasteiger partial charge is 0.0820 e. The van der Waals surface area contributed by atoms with Gasteiger partial charge in [0, 0.05) is 25.5 Å². The van der Waals surface area contributed by atoms with E-state index in [0.717, 1.165) is 11.3 Å². The highest BCUT2D eigenvalue weighted by molar-refractivity contribution is 6.33. The standard InChI is InChI=1S/C13H14ClN3/c14-12-9-16-6-5-13(12)17-8-11-4-2-1-3-10(11)7-15/h1-6,9H,7-8,15H2,(H,16,17). The maximum Gasteiger partial charge on any atom is 0.0820 e. The SMILES string of the molecule is NCc1ccccc1CNc1ccncc1Cl. The first kappa shape index (κ1) is 11.9. The Labute approximate surface area is 106 Å². The molecule has 0 bridgehead atoms. The van der Waals surface area contributed by atoms with Gasteiger partial charge in [-0.2, -0.15) is 0 Å². The second-order valence-corrected chi connectivity index (χ2v) is 4.09. The third-order valence-electron chi connectivity index (χ3n) is 2.58. The average Bonchev–Trinajstić information content (AvgIpc) is 2.38. The van der Waals surface area contributed by atoms with Crippen molar-refractivity contribution < 1.29 is 0 Å². The summed E-state index contributed by atoms with van der Waals surface area (Å²) >= 11 is 6.01. The van der Waals surface area contributed by atoms with Crippen molar-refractivity contribution in [3.05, 3.63) is 58.9 Å². The number of nitrogens with two attached hydrogens (primary N) is 1. The van der Waals surface area contributed by atoms with Crippen molar-refractivity contribution in [2.24, 2.45) is 5.73 Å². The van der Waals surface area contributed by atoms with Crippen molar-refractivity contribution >= 4 is 17.3 Å². The average molecular weight is 248 g/mol. The van der Waals surface area contributed by atoms with E-state index in [-0.39, 0.29) is 0 Å². The van der Waals surface area contributed by atoms with Crippen LogP contribution in [-0.2, 0) is 13.1 Å².